The number of nitrogens with two attached hydrogens (primary N) is 1. The largest absolute Gasteiger partial charge is 0.349 e. The summed E-state index contributed by atoms with van der Waals surface area (Å²) in [5.41, 5.74) is 7.94. The smallest absolute Gasteiger partial charge is 0.250 e. The maximum absolute atomic E-state index is 12.5. The molecular weight excluding hydrogens is 302 g/mol. The molecule has 3 N–H and O–H groups in total. The van der Waals surface area contributed by atoms with Crippen molar-refractivity contribution < 1.29 is 9.59 Å². The normalized spacial score (nSPS) is 16.0. The summed E-state index contributed by atoms with van der Waals surface area (Å²) in [6.07, 6.45) is 6.53. The van der Waals surface area contributed by atoms with Gasteiger partial charge in [-0.3, -0.25) is 9.59 Å². The molecule has 1 aliphatic rings. The van der Waals surface area contributed by atoms with E-state index < -0.39 is 6.04 Å². The van der Waals surface area contributed by atoms with Gasteiger partial charge in [0.25, 0.3) is 5.91 Å². The summed E-state index contributed by atoms with van der Waals surface area (Å²) >= 11 is 0. The molecule has 1 heterocycles. The number of benzene rings is 1. The lowest BCUT2D eigenvalue weighted by atomic mass is 10.1. The van der Waals surface area contributed by atoms with Crippen molar-refractivity contribution in [3.8, 4) is 0 Å². The lowest BCUT2D eigenvalue weighted by Crippen LogP contribution is -2.44. The van der Waals surface area contributed by atoms with Crippen LogP contribution in [-0.4, -0.2) is 30.4 Å². The summed E-state index contributed by atoms with van der Waals surface area (Å²) in [6, 6.07) is 7.30. The van der Waals surface area contributed by atoms with E-state index in [4.69, 9.17) is 5.73 Å². The Hall–Kier alpha value is -2.14. The molecule has 24 heavy (non-hydrogen) atoms. The molecular formula is C19H27N3O2. The molecule has 0 aromatic heterocycles. The van der Waals surface area contributed by atoms with Crippen molar-refractivity contribution in [3.05, 3.63) is 42.0 Å². The maximum atomic E-state index is 12.5. The van der Waals surface area contributed by atoms with Gasteiger partial charge in [-0.05, 0) is 30.9 Å². The van der Waals surface area contributed by atoms with Gasteiger partial charge in [0.05, 0.1) is 6.04 Å². The number of carbonyl (C=O) groups excluding carboxylic acids is 2. The molecule has 2 amide bonds. The Bertz CT molecular complexity index is 612. The number of hydrogen-bond acceptors (Lipinski definition) is 3. The number of hydrogen-bond donors (Lipinski definition) is 2. The lowest BCUT2D eigenvalue weighted by molar-refractivity contribution is -0.123. The molecule has 1 aromatic carbocycles. The van der Waals surface area contributed by atoms with Crippen LogP contribution >= 0.6 is 0 Å². The van der Waals surface area contributed by atoms with Crippen LogP contribution in [0, 0.1) is 0 Å². The van der Waals surface area contributed by atoms with Crippen LogP contribution in [-0.2, 0) is 16.0 Å². The second-order valence-electron chi connectivity index (χ2n) is 6.15. The van der Waals surface area contributed by atoms with Crippen LogP contribution < -0.4 is 16.0 Å². The topological polar surface area (TPSA) is 75.4 Å². The van der Waals surface area contributed by atoms with Crippen molar-refractivity contribution in [3.63, 3.8) is 0 Å². The number of carbonyl (C=O) groups is 2. The Balaban J connectivity index is 2.01. The van der Waals surface area contributed by atoms with Crippen LogP contribution in [0.15, 0.2) is 36.4 Å². The average molecular weight is 329 g/mol. The van der Waals surface area contributed by atoms with E-state index in [0.717, 1.165) is 24.9 Å². The standard InChI is InChI=1S/C19H27N3O2/c1-3-7-15(21-19(24)16(20)4-2)10-11-18(23)22-13-12-14-8-5-6-9-17(14)22/h5-6,8-11,15-16H,3-4,7,12-13,20H2,1-2H3,(H,21,24)/t15-,16-/m0/s1. The third-order valence-electron chi connectivity index (χ3n) is 4.33. The Morgan fingerprint density at radius 3 is 2.79 bits per heavy atom. The first-order valence-electron chi connectivity index (χ1n) is 8.70. The van der Waals surface area contributed by atoms with E-state index in [9.17, 15) is 9.59 Å². The van der Waals surface area contributed by atoms with E-state index in [2.05, 4.69) is 11.4 Å². The fourth-order valence-corrected chi connectivity index (χ4v) is 2.86. The summed E-state index contributed by atoms with van der Waals surface area (Å²) in [6.45, 7) is 4.63. The van der Waals surface area contributed by atoms with Gasteiger partial charge in [0, 0.05) is 24.4 Å². The number of amides is 2. The van der Waals surface area contributed by atoms with Gasteiger partial charge in [-0.15, -0.1) is 0 Å². The molecule has 0 bridgehead atoms. The molecule has 0 radical (unpaired) electrons. The predicted octanol–water partition coefficient (Wildman–Crippen LogP) is 2.15. The Kier molecular flexibility index (Phi) is 6.55. The summed E-state index contributed by atoms with van der Waals surface area (Å²) in [5, 5.41) is 2.91. The zero-order valence-corrected chi connectivity index (χ0v) is 14.5. The molecule has 5 heteroatoms. The minimum Gasteiger partial charge on any atom is -0.349 e. The van der Waals surface area contributed by atoms with E-state index in [1.165, 1.54) is 5.56 Å². The Morgan fingerprint density at radius 2 is 2.08 bits per heavy atom. The second kappa shape index (κ2) is 8.64. The lowest BCUT2D eigenvalue weighted by Gasteiger charge is -2.18. The number of nitrogens with zero attached hydrogens (tertiary/aromatic N) is 1. The Morgan fingerprint density at radius 1 is 1.33 bits per heavy atom. The van der Waals surface area contributed by atoms with Crippen LogP contribution in [0.1, 0.15) is 38.7 Å². The first-order chi connectivity index (χ1) is 11.6. The number of rotatable bonds is 7. The van der Waals surface area contributed by atoms with Crippen LogP contribution in [0.25, 0.3) is 0 Å². The van der Waals surface area contributed by atoms with Gasteiger partial charge in [-0.1, -0.05) is 44.5 Å². The summed E-state index contributed by atoms with van der Waals surface area (Å²) < 4.78 is 0. The van der Waals surface area contributed by atoms with E-state index in [0.29, 0.717) is 13.0 Å². The van der Waals surface area contributed by atoms with Crippen LogP contribution in [0.2, 0.25) is 0 Å². The molecule has 1 aromatic rings. The number of anilines is 1. The average Bonchev–Trinajstić information content (AvgIpc) is 3.02. The number of para-hydroxylation sites is 1. The molecule has 2 rings (SSSR count). The van der Waals surface area contributed by atoms with Crippen LogP contribution in [0.3, 0.4) is 0 Å². The SMILES string of the molecule is CCC[C@@H](C=CC(=O)N1CCc2ccccc21)NC(=O)[C@@H](N)CC. The number of nitrogens with one attached hydrogen (secondary N) is 1. The highest BCUT2D eigenvalue weighted by Gasteiger charge is 2.22. The highest BCUT2D eigenvalue weighted by atomic mass is 16.2. The Labute approximate surface area is 143 Å². The fraction of sp³-hybridized carbons (Fsp3) is 0.474. The zero-order valence-electron chi connectivity index (χ0n) is 14.5. The zero-order chi connectivity index (χ0) is 17.5. The maximum Gasteiger partial charge on any atom is 0.250 e. The van der Waals surface area contributed by atoms with Gasteiger partial charge < -0.3 is 16.0 Å². The fourth-order valence-electron chi connectivity index (χ4n) is 2.86. The van der Waals surface area contributed by atoms with Gasteiger partial charge in [0.1, 0.15) is 0 Å². The third kappa shape index (κ3) is 4.45. The molecule has 0 spiro atoms. The van der Waals surface area contributed by atoms with Crippen molar-refractivity contribution in [1.29, 1.82) is 0 Å². The van der Waals surface area contributed by atoms with Gasteiger partial charge in [0.15, 0.2) is 0 Å². The molecule has 0 aliphatic carbocycles. The van der Waals surface area contributed by atoms with Gasteiger partial charge in [0.2, 0.25) is 5.91 Å². The highest BCUT2D eigenvalue weighted by Crippen LogP contribution is 2.27. The van der Waals surface area contributed by atoms with Crippen molar-refractivity contribution in [2.45, 2.75) is 51.6 Å². The van der Waals surface area contributed by atoms with Gasteiger partial charge in [-0.2, -0.15) is 0 Å². The molecule has 0 unspecified atom stereocenters. The summed E-state index contributed by atoms with van der Waals surface area (Å²) in [5.74, 6) is -0.213. The third-order valence-corrected chi connectivity index (χ3v) is 4.33. The second-order valence-corrected chi connectivity index (χ2v) is 6.15. The van der Waals surface area contributed by atoms with Crippen molar-refractivity contribution in [2.24, 2.45) is 5.73 Å². The monoisotopic (exact) mass is 329 g/mol. The molecule has 1 aliphatic heterocycles. The van der Waals surface area contributed by atoms with Crippen LogP contribution in [0.5, 0.6) is 0 Å². The quantitative estimate of drug-likeness (QED) is 0.753. The highest BCUT2D eigenvalue weighted by molar-refractivity contribution is 6.03. The van der Waals surface area contributed by atoms with E-state index >= 15 is 0 Å². The van der Waals surface area contributed by atoms with Gasteiger partial charge >= 0.3 is 0 Å². The van der Waals surface area contributed by atoms with E-state index in [1.807, 2.05) is 32.0 Å². The minimum atomic E-state index is -0.501. The molecule has 130 valence electrons. The van der Waals surface area contributed by atoms with E-state index in [-0.39, 0.29) is 17.9 Å². The van der Waals surface area contributed by atoms with Crippen molar-refractivity contribution in [1.82, 2.24) is 5.32 Å². The molecule has 2 atom stereocenters. The number of fused-ring (bicyclic) bond motifs is 1. The first kappa shape index (κ1) is 18.2. The van der Waals surface area contributed by atoms with Gasteiger partial charge in [-0.25, -0.2) is 0 Å². The molecule has 0 saturated carbocycles. The summed E-state index contributed by atoms with van der Waals surface area (Å²) in [7, 11) is 0. The molecule has 0 saturated heterocycles. The van der Waals surface area contributed by atoms with E-state index in [1.54, 1.807) is 17.1 Å². The molecule has 5 nitrogen and oxygen atoms in total. The summed E-state index contributed by atoms with van der Waals surface area (Å²) in [4.78, 5) is 26.2. The first-order valence-corrected chi connectivity index (χ1v) is 8.70. The van der Waals surface area contributed by atoms with Crippen LogP contribution in [0.4, 0.5) is 5.69 Å². The van der Waals surface area contributed by atoms with Crippen molar-refractivity contribution >= 4 is 17.5 Å². The minimum absolute atomic E-state index is 0.0462. The molecule has 0 fully saturated rings. The van der Waals surface area contributed by atoms with Crippen molar-refractivity contribution in [2.75, 3.05) is 11.4 Å². The predicted molar refractivity (Wildman–Crippen MR) is 96.7 cm³/mol.